The van der Waals surface area contributed by atoms with Crippen LogP contribution in [0, 0.1) is 0 Å². The molecule has 0 aromatic heterocycles. The van der Waals surface area contributed by atoms with Gasteiger partial charge in [-0.25, -0.2) is 9.59 Å². The van der Waals surface area contributed by atoms with Crippen molar-refractivity contribution in [2.75, 3.05) is 13.2 Å². The second kappa shape index (κ2) is 12.6. The number of epoxide rings is 1. The Kier molecular flexibility index (Phi) is 12.6. The van der Waals surface area contributed by atoms with Crippen molar-refractivity contribution in [3.05, 3.63) is 37.5 Å². The topological polar surface area (TPSA) is 113 Å². The number of hydrogen-bond donors (Lipinski definition) is 2. The first-order valence-corrected chi connectivity index (χ1v) is 5.86. The van der Waals surface area contributed by atoms with E-state index in [4.69, 9.17) is 19.7 Å². The van der Waals surface area contributed by atoms with E-state index in [0.717, 1.165) is 6.08 Å². The average Bonchev–Trinajstić information content (AvgIpc) is 3.21. The van der Waals surface area contributed by atoms with Crippen LogP contribution in [0.4, 0.5) is 0 Å². The Labute approximate surface area is 123 Å². The maximum Gasteiger partial charge on any atom is 0.333 e. The zero-order chi connectivity index (χ0) is 16.8. The standard InChI is InChI=1S/C7H10O3.C4H6O2.C3H4O2/c1-5(2)7(8)10-4-6-3-9-6;1-2-3-4(5)6;1-2-3(4)5/h6H,1,3-4H2,2H3;2H,1,3H2,(H,5,6);2H,1H2,(H,4,5). The minimum Gasteiger partial charge on any atom is -0.481 e. The lowest BCUT2D eigenvalue weighted by Gasteiger charge is -1.99. The zero-order valence-electron chi connectivity index (χ0n) is 11.9. The van der Waals surface area contributed by atoms with Crippen molar-refractivity contribution in [3.63, 3.8) is 0 Å². The lowest BCUT2D eigenvalue weighted by Crippen LogP contribution is -2.09. The van der Waals surface area contributed by atoms with Crippen LogP contribution in [-0.2, 0) is 23.9 Å². The molecule has 1 saturated heterocycles. The molecule has 0 aromatic rings. The number of esters is 1. The van der Waals surface area contributed by atoms with E-state index in [9.17, 15) is 14.4 Å². The quantitative estimate of drug-likeness (QED) is 0.330. The van der Waals surface area contributed by atoms with Gasteiger partial charge in [-0.15, -0.1) is 6.58 Å². The van der Waals surface area contributed by atoms with Crippen LogP contribution < -0.4 is 0 Å². The highest BCUT2D eigenvalue weighted by Crippen LogP contribution is 2.09. The van der Waals surface area contributed by atoms with Gasteiger partial charge in [-0.1, -0.05) is 19.2 Å². The Morgan fingerprint density at radius 2 is 1.81 bits per heavy atom. The van der Waals surface area contributed by atoms with Gasteiger partial charge in [-0.05, 0) is 6.92 Å². The van der Waals surface area contributed by atoms with Crippen LogP contribution in [0.25, 0.3) is 0 Å². The van der Waals surface area contributed by atoms with Gasteiger partial charge in [-0.3, -0.25) is 4.79 Å². The molecule has 0 saturated carbocycles. The van der Waals surface area contributed by atoms with Crippen LogP contribution in [0.5, 0.6) is 0 Å². The predicted molar refractivity (Wildman–Crippen MR) is 75.8 cm³/mol. The highest BCUT2D eigenvalue weighted by atomic mass is 16.6. The molecule has 0 radical (unpaired) electrons. The molecule has 1 fully saturated rings. The fourth-order valence-corrected chi connectivity index (χ4v) is 0.580. The van der Waals surface area contributed by atoms with Crippen LogP contribution in [0.1, 0.15) is 13.3 Å². The summed E-state index contributed by atoms with van der Waals surface area (Å²) in [6.07, 6.45) is 2.38. The summed E-state index contributed by atoms with van der Waals surface area (Å²) in [5.41, 5.74) is 0.431. The van der Waals surface area contributed by atoms with E-state index >= 15 is 0 Å². The number of ether oxygens (including phenoxy) is 2. The summed E-state index contributed by atoms with van der Waals surface area (Å²) in [6, 6.07) is 0. The molecule has 118 valence electrons. The van der Waals surface area contributed by atoms with Gasteiger partial charge in [0.2, 0.25) is 0 Å². The van der Waals surface area contributed by atoms with Crippen molar-refractivity contribution < 1.29 is 34.1 Å². The molecule has 1 atom stereocenters. The van der Waals surface area contributed by atoms with Crippen molar-refractivity contribution in [2.45, 2.75) is 19.4 Å². The monoisotopic (exact) mass is 300 g/mol. The van der Waals surface area contributed by atoms with E-state index in [-0.39, 0.29) is 18.5 Å². The zero-order valence-corrected chi connectivity index (χ0v) is 11.9. The van der Waals surface area contributed by atoms with Crippen molar-refractivity contribution in [3.8, 4) is 0 Å². The third-order valence-corrected chi connectivity index (χ3v) is 1.64. The van der Waals surface area contributed by atoms with Crippen molar-refractivity contribution >= 4 is 17.9 Å². The van der Waals surface area contributed by atoms with Crippen LogP contribution >= 0.6 is 0 Å². The molecular weight excluding hydrogens is 280 g/mol. The highest BCUT2D eigenvalue weighted by molar-refractivity contribution is 5.86. The molecule has 0 spiro atoms. The van der Waals surface area contributed by atoms with E-state index in [2.05, 4.69) is 19.7 Å². The predicted octanol–water partition coefficient (Wildman–Crippen LogP) is 1.41. The van der Waals surface area contributed by atoms with Crippen molar-refractivity contribution in [1.29, 1.82) is 0 Å². The van der Waals surface area contributed by atoms with Gasteiger partial charge < -0.3 is 19.7 Å². The van der Waals surface area contributed by atoms with Crippen LogP contribution in [0.15, 0.2) is 37.5 Å². The van der Waals surface area contributed by atoms with Gasteiger partial charge in [0.05, 0.1) is 13.0 Å². The summed E-state index contributed by atoms with van der Waals surface area (Å²) in [7, 11) is 0. The smallest absolute Gasteiger partial charge is 0.333 e. The maximum absolute atomic E-state index is 10.7. The summed E-state index contributed by atoms with van der Waals surface area (Å²) in [5.74, 6) is -2.15. The Morgan fingerprint density at radius 1 is 1.33 bits per heavy atom. The number of rotatable bonds is 6. The molecule has 0 aliphatic carbocycles. The average molecular weight is 300 g/mol. The third kappa shape index (κ3) is 20.1. The Balaban J connectivity index is 0. The second-order valence-corrected chi connectivity index (χ2v) is 3.76. The maximum atomic E-state index is 10.7. The first-order valence-electron chi connectivity index (χ1n) is 5.86. The first kappa shape index (κ1) is 20.9. The molecule has 1 rings (SSSR count). The Hall–Kier alpha value is -2.41. The number of aliphatic carboxylic acids is 2. The summed E-state index contributed by atoms with van der Waals surface area (Å²) in [5, 5.41) is 15.4. The molecule has 1 aliphatic rings. The summed E-state index contributed by atoms with van der Waals surface area (Å²) in [6.45, 7) is 12.3. The van der Waals surface area contributed by atoms with Gasteiger partial charge in [0.1, 0.15) is 12.7 Å². The number of carboxylic acid groups (broad SMARTS) is 2. The molecule has 1 heterocycles. The fourth-order valence-electron chi connectivity index (χ4n) is 0.580. The molecule has 1 aliphatic heterocycles. The van der Waals surface area contributed by atoms with Gasteiger partial charge >= 0.3 is 17.9 Å². The molecule has 0 amide bonds. The number of hydrogen-bond acceptors (Lipinski definition) is 5. The number of carboxylic acids is 2. The lowest BCUT2D eigenvalue weighted by atomic mass is 10.4. The summed E-state index contributed by atoms with van der Waals surface area (Å²) >= 11 is 0. The summed E-state index contributed by atoms with van der Waals surface area (Å²) in [4.78, 5) is 29.5. The van der Waals surface area contributed by atoms with Crippen LogP contribution in [0.2, 0.25) is 0 Å². The molecule has 21 heavy (non-hydrogen) atoms. The molecule has 7 nitrogen and oxygen atoms in total. The lowest BCUT2D eigenvalue weighted by molar-refractivity contribution is -0.139. The van der Waals surface area contributed by atoms with Crippen LogP contribution in [-0.4, -0.2) is 47.4 Å². The largest absolute Gasteiger partial charge is 0.481 e. The Morgan fingerprint density at radius 3 is 2.00 bits per heavy atom. The molecule has 7 heteroatoms. The van der Waals surface area contributed by atoms with E-state index in [0.29, 0.717) is 18.8 Å². The normalized spacial score (nSPS) is 14.0. The SMILES string of the molecule is C=C(C)C(=O)OCC1CO1.C=CC(=O)O.C=CCC(=O)O. The molecule has 1 unspecified atom stereocenters. The van der Waals surface area contributed by atoms with Crippen molar-refractivity contribution in [1.82, 2.24) is 0 Å². The van der Waals surface area contributed by atoms with E-state index in [1.165, 1.54) is 6.08 Å². The first-order chi connectivity index (χ1) is 9.74. The van der Waals surface area contributed by atoms with Gasteiger partial charge in [0, 0.05) is 11.6 Å². The van der Waals surface area contributed by atoms with E-state index < -0.39 is 11.9 Å². The molecule has 0 bridgehead atoms. The summed E-state index contributed by atoms with van der Waals surface area (Å²) < 4.78 is 9.60. The second-order valence-electron chi connectivity index (χ2n) is 3.76. The van der Waals surface area contributed by atoms with E-state index in [1.54, 1.807) is 6.92 Å². The third-order valence-electron chi connectivity index (χ3n) is 1.64. The number of carbonyl (C=O) groups is 3. The highest BCUT2D eigenvalue weighted by Gasteiger charge is 2.24. The van der Waals surface area contributed by atoms with E-state index in [1.807, 2.05) is 0 Å². The number of carbonyl (C=O) groups excluding carboxylic acids is 1. The minimum atomic E-state index is -0.981. The van der Waals surface area contributed by atoms with Crippen molar-refractivity contribution in [2.24, 2.45) is 0 Å². The molecule has 0 aromatic carbocycles. The minimum absolute atomic E-state index is 0.0556. The molecule has 2 N–H and O–H groups in total. The Bertz CT molecular complexity index is 394. The van der Waals surface area contributed by atoms with Gasteiger partial charge in [0.25, 0.3) is 0 Å². The fraction of sp³-hybridized carbons (Fsp3) is 0.357. The molecular formula is C14H20O7. The van der Waals surface area contributed by atoms with Gasteiger partial charge in [-0.2, -0.15) is 0 Å². The van der Waals surface area contributed by atoms with Crippen LogP contribution in [0.3, 0.4) is 0 Å². The van der Waals surface area contributed by atoms with Gasteiger partial charge in [0.15, 0.2) is 0 Å².